The van der Waals surface area contributed by atoms with E-state index in [1.54, 1.807) is 54.8 Å². The summed E-state index contributed by atoms with van der Waals surface area (Å²) in [6.07, 6.45) is 0. The Hall–Kier alpha value is -3.37. The van der Waals surface area contributed by atoms with Crippen LogP contribution >= 0.6 is 11.3 Å². The number of nitrogens with one attached hydrogen (secondary N) is 3. The molecular weight excluding hydrogens is 426 g/mol. The molecule has 0 atom stereocenters. The van der Waals surface area contributed by atoms with Gasteiger partial charge >= 0.3 is 0 Å². The van der Waals surface area contributed by atoms with Gasteiger partial charge in [-0.1, -0.05) is 30.3 Å². The van der Waals surface area contributed by atoms with E-state index < -0.39 is 21.8 Å². The fraction of sp³-hybridized carbons (Fsp3) is 0.100. The molecule has 1 aromatic heterocycles. The number of rotatable bonds is 7. The van der Waals surface area contributed by atoms with Gasteiger partial charge in [0, 0.05) is 0 Å². The van der Waals surface area contributed by atoms with Crippen molar-refractivity contribution in [3.63, 3.8) is 0 Å². The molecule has 1 heterocycles. The van der Waals surface area contributed by atoms with Crippen molar-refractivity contribution in [2.45, 2.75) is 11.1 Å². The fourth-order valence-electron chi connectivity index (χ4n) is 2.57. The summed E-state index contributed by atoms with van der Waals surface area (Å²) in [5.74, 6) is -0.860. The van der Waals surface area contributed by atoms with Gasteiger partial charge in [-0.15, -0.1) is 11.3 Å². The summed E-state index contributed by atoms with van der Waals surface area (Å²) in [7, 11) is -3.83. The first-order valence-electron chi connectivity index (χ1n) is 8.90. The first-order chi connectivity index (χ1) is 14.4. The monoisotopic (exact) mass is 445 g/mol. The molecule has 3 N–H and O–H groups in total. The minimum Gasteiger partial charge on any atom is -0.493 e. The summed E-state index contributed by atoms with van der Waals surface area (Å²) in [5, 5.41) is 1.64. The number of thiophene rings is 1. The molecule has 2 amide bonds. The molecule has 156 valence electrons. The second kappa shape index (κ2) is 9.42. The Morgan fingerprint density at radius 3 is 2.20 bits per heavy atom. The predicted octanol–water partition coefficient (Wildman–Crippen LogP) is 3.02. The van der Waals surface area contributed by atoms with Crippen molar-refractivity contribution in [1.29, 1.82) is 0 Å². The molecule has 30 heavy (non-hydrogen) atoms. The van der Waals surface area contributed by atoms with Gasteiger partial charge in [0.15, 0.2) is 0 Å². The van der Waals surface area contributed by atoms with Crippen LogP contribution in [-0.4, -0.2) is 26.8 Å². The Morgan fingerprint density at radius 1 is 0.900 bits per heavy atom. The first kappa shape index (κ1) is 21.3. The van der Waals surface area contributed by atoms with Crippen LogP contribution in [0.4, 0.5) is 5.69 Å². The van der Waals surface area contributed by atoms with E-state index in [0.717, 1.165) is 11.3 Å². The van der Waals surface area contributed by atoms with E-state index in [9.17, 15) is 18.0 Å². The Kier molecular flexibility index (Phi) is 6.70. The van der Waals surface area contributed by atoms with Gasteiger partial charge in [0.25, 0.3) is 21.8 Å². The summed E-state index contributed by atoms with van der Waals surface area (Å²) >= 11 is 1.06. The molecule has 2 aromatic carbocycles. The minimum atomic E-state index is -3.83. The van der Waals surface area contributed by atoms with Crippen molar-refractivity contribution in [1.82, 2.24) is 10.9 Å². The first-order valence-corrected chi connectivity index (χ1v) is 11.3. The Bertz CT molecular complexity index is 1140. The molecular formula is C20H19N3O5S2. The van der Waals surface area contributed by atoms with E-state index in [1.807, 2.05) is 0 Å². The van der Waals surface area contributed by atoms with Gasteiger partial charge in [0.05, 0.1) is 23.4 Å². The number of ether oxygens (including phenoxy) is 1. The van der Waals surface area contributed by atoms with E-state index in [1.165, 1.54) is 18.2 Å². The molecule has 0 aliphatic heterocycles. The van der Waals surface area contributed by atoms with Gasteiger partial charge in [0.2, 0.25) is 0 Å². The highest BCUT2D eigenvalue weighted by atomic mass is 32.2. The Labute approximate surface area is 177 Å². The fourth-order valence-corrected chi connectivity index (χ4v) is 4.64. The van der Waals surface area contributed by atoms with Gasteiger partial charge in [-0.3, -0.25) is 25.2 Å². The lowest BCUT2D eigenvalue weighted by Crippen LogP contribution is -2.42. The van der Waals surface area contributed by atoms with E-state index in [-0.39, 0.29) is 21.0 Å². The summed E-state index contributed by atoms with van der Waals surface area (Å²) in [6.45, 7) is 2.18. The molecule has 0 bridgehead atoms. The highest BCUT2D eigenvalue weighted by molar-refractivity contribution is 7.94. The molecule has 10 heteroatoms. The van der Waals surface area contributed by atoms with Crippen molar-refractivity contribution in [3.8, 4) is 5.75 Å². The third-order valence-electron chi connectivity index (χ3n) is 3.90. The number of amides is 2. The number of sulfonamides is 1. The lowest BCUT2D eigenvalue weighted by molar-refractivity contribution is 0.0845. The van der Waals surface area contributed by atoms with Crippen LogP contribution in [-0.2, 0) is 10.0 Å². The van der Waals surface area contributed by atoms with Gasteiger partial charge in [-0.2, -0.15) is 0 Å². The molecule has 3 rings (SSSR count). The smallest absolute Gasteiger partial charge is 0.273 e. The second-order valence-electron chi connectivity index (χ2n) is 5.92. The van der Waals surface area contributed by atoms with Gasteiger partial charge in [0.1, 0.15) is 9.96 Å². The maximum Gasteiger partial charge on any atom is 0.273 e. The van der Waals surface area contributed by atoms with Crippen LogP contribution in [0.25, 0.3) is 0 Å². The highest BCUT2D eigenvalue weighted by Gasteiger charge is 2.20. The van der Waals surface area contributed by atoms with Gasteiger partial charge < -0.3 is 4.74 Å². The van der Waals surface area contributed by atoms with Crippen LogP contribution in [0.5, 0.6) is 5.75 Å². The van der Waals surface area contributed by atoms with Crippen molar-refractivity contribution in [3.05, 3.63) is 77.2 Å². The zero-order valence-corrected chi connectivity index (χ0v) is 17.5. The summed E-state index contributed by atoms with van der Waals surface area (Å²) in [5.41, 5.74) is 5.02. The maximum absolute atomic E-state index is 12.6. The maximum atomic E-state index is 12.6. The number of hydrazine groups is 1. The second-order valence-corrected chi connectivity index (χ2v) is 8.78. The van der Waals surface area contributed by atoms with Crippen molar-refractivity contribution < 1.29 is 22.7 Å². The van der Waals surface area contributed by atoms with E-state index >= 15 is 0 Å². The van der Waals surface area contributed by atoms with E-state index in [2.05, 4.69) is 15.6 Å². The zero-order chi connectivity index (χ0) is 21.6. The minimum absolute atomic E-state index is 0.0519. The highest BCUT2D eigenvalue weighted by Crippen LogP contribution is 2.23. The van der Waals surface area contributed by atoms with E-state index in [4.69, 9.17) is 4.74 Å². The Balaban J connectivity index is 1.73. The average Bonchev–Trinajstić information content (AvgIpc) is 3.29. The molecule has 3 aromatic rings. The molecule has 0 radical (unpaired) electrons. The number of carbonyl (C=O) groups is 2. The van der Waals surface area contributed by atoms with Crippen molar-refractivity contribution in [2.24, 2.45) is 0 Å². The lowest BCUT2D eigenvalue weighted by atomic mass is 10.2. The summed E-state index contributed by atoms with van der Waals surface area (Å²) < 4.78 is 32.9. The number of hydrogen-bond acceptors (Lipinski definition) is 6. The molecule has 0 unspecified atom stereocenters. The third kappa shape index (κ3) is 4.97. The number of hydrogen-bond donors (Lipinski definition) is 3. The molecule has 0 saturated carbocycles. The Morgan fingerprint density at radius 2 is 1.53 bits per heavy atom. The van der Waals surface area contributed by atoms with E-state index in [0.29, 0.717) is 12.4 Å². The SMILES string of the molecule is CCOc1ccccc1C(=O)NNC(=O)c1ccccc1NS(=O)(=O)c1cccs1. The van der Waals surface area contributed by atoms with Crippen molar-refractivity contribution >= 4 is 38.9 Å². The molecule has 0 saturated heterocycles. The summed E-state index contributed by atoms with van der Waals surface area (Å²) in [4.78, 5) is 25.0. The van der Waals surface area contributed by atoms with Crippen molar-refractivity contribution in [2.75, 3.05) is 11.3 Å². The van der Waals surface area contributed by atoms with Crippen LogP contribution in [0.1, 0.15) is 27.6 Å². The number of benzene rings is 2. The average molecular weight is 446 g/mol. The molecule has 0 aliphatic carbocycles. The quantitative estimate of drug-likeness (QED) is 0.484. The van der Waals surface area contributed by atoms with Gasteiger partial charge in [-0.05, 0) is 42.6 Å². The number of carbonyl (C=O) groups excluding carboxylic acids is 2. The van der Waals surface area contributed by atoms with Crippen LogP contribution in [0.3, 0.4) is 0 Å². The topological polar surface area (TPSA) is 114 Å². The largest absolute Gasteiger partial charge is 0.493 e. The molecule has 0 spiro atoms. The molecule has 0 fully saturated rings. The third-order valence-corrected chi connectivity index (χ3v) is 6.66. The normalized spacial score (nSPS) is 10.8. The van der Waals surface area contributed by atoms with Crippen LogP contribution in [0, 0.1) is 0 Å². The van der Waals surface area contributed by atoms with Gasteiger partial charge in [-0.25, -0.2) is 8.42 Å². The number of anilines is 1. The van der Waals surface area contributed by atoms with Crippen LogP contribution < -0.4 is 20.3 Å². The standard InChI is InChI=1S/C20H19N3O5S2/c1-2-28-17-11-6-4-9-15(17)20(25)22-21-19(24)14-8-3-5-10-16(14)23-30(26,27)18-12-7-13-29-18/h3-13,23H,2H2,1H3,(H,21,24)(H,22,25). The number of para-hydroxylation sites is 2. The summed E-state index contributed by atoms with van der Waals surface area (Å²) in [6, 6.07) is 15.8. The van der Waals surface area contributed by atoms with Crippen LogP contribution in [0.15, 0.2) is 70.3 Å². The molecule has 0 aliphatic rings. The zero-order valence-electron chi connectivity index (χ0n) is 15.9. The lowest BCUT2D eigenvalue weighted by Gasteiger charge is -2.13. The van der Waals surface area contributed by atoms with Crippen LogP contribution in [0.2, 0.25) is 0 Å². The molecule has 8 nitrogen and oxygen atoms in total. The predicted molar refractivity (Wildman–Crippen MR) is 114 cm³/mol.